The first-order chi connectivity index (χ1) is 17.9. The van der Waals surface area contributed by atoms with Crippen molar-refractivity contribution in [3.8, 4) is 12.1 Å². The molecular formula is C22H23ClN10O3S. The SMILES string of the molecule is N#Cc1cc(Nc2nc(NC3CC3)c3ncc(C#N)n3n2)c(Cl)c(C(O)CN2CCN(S(=O)O)CC2)c1. The molecule has 1 saturated heterocycles. The van der Waals surface area contributed by atoms with Gasteiger partial charge in [0.25, 0.3) is 0 Å². The van der Waals surface area contributed by atoms with Crippen LogP contribution in [-0.4, -0.2) is 81.4 Å². The first-order valence-electron chi connectivity index (χ1n) is 11.6. The van der Waals surface area contributed by atoms with Crippen LogP contribution in [0.25, 0.3) is 5.65 Å². The second kappa shape index (κ2) is 10.5. The number of hydrogen-bond donors (Lipinski definition) is 4. The molecule has 3 heterocycles. The molecule has 0 radical (unpaired) electrons. The van der Waals surface area contributed by atoms with Gasteiger partial charge in [-0.1, -0.05) is 11.6 Å². The van der Waals surface area contributed by atoms with E-state index in [1.165, 1.54) is 27.2 Å². The third kappa shape index (κ3) is 5.50. The number of β-amino-alcohol motifs (C(OH)–C–C–N with tert-alkyl or cyclic N) is 1. The monoisotopic (exact) mass is 542 g/mol. The number of hydrogen-bond acceptors (Lipinski definition) is 10. The third-order valence-electron chi connectivity index (χ3n) is 6.21. The molecule has 1 aromatic carbocycles. The summed E-state index contributed by atoms with van der Waals surface area (Å²) in [7, 11) is 0. The second-order valence-corrected chi connectivity index (χ2v) is 10.2. The zero-order valence-corrected chi connectivity index (χ0v) is 21.1. The number of benzene rings is 1. The van der Waals surface area contributed by atoms with Crippen molar-refractivity contribution in [3.63, 3.8) is 0 Å². The highest BCUT2D eigenvalue weighted by Gasteiger charge is 2.26. The van der Waals surface area contributed by atoms with Crippen molar-refractivity contribution in [1.29, 1.82) is 10.5 Å². The van der Waals surface area contributed by atoms with Crippen molar-refractivity contribution in [3.05, 3.63) is 40.2 Å². The van der Waals surface area contributed by atoms with Gasteiger partial charge in [0.05, 0.1) is 34.6 Å². The molecule has 2 aliphatic rings. The number of halogens is 1. The smallest absolute Gasteiger partial charge is 0.247 e. The van der Waals surface area contributed by atoms with E-state index in [4.69, 9.17) is 11.6 Å². The predicted molar refractivity (Wildman–Crippen MR) is 135 cm³/mol. The van der Waals surface area contributed by atoms with E-state index in [1.807, 2.05) is 4.90 Å². The zero-order valence-electron chi connectivity index (χ0n) is 19.5. The van der Waals surface area contributed by atoms with Crippen LogP contribution < -0.4 is 10.6 Å². The van der Waals surface area contributed by atoms with Gasteiger partial charge >= 0.3 is 0 Å². The first-order valence-corrected chi connectivity index (χ1v) is 13.0. The molecule has 2 atom stereocenters. The number of aliphatic hydroxyl groups is 1. The lowest BCUT2D eigenvalue weighted by Gasteiger charge is -2.33. The van der Waals surface area contributed by atoms with Crippen molar-refractivity contribution >= 4 is 46.0 Å². The molecule has 13 nitrogen and oxygen atoms in total. The summed E-state index contributed by atoms with van der Waals surface area (Å²) in [5.41, 5.74) is 1.61. The van der Waals surface area contributed by atoms with Crippen LogP contribution in [0.4, 0.5) is 17.5 Å². The van der Waals surface area contributed by atoms with Crippen molar-refractivity contribution < 1.29 is 13.9 Å². The Hall–Kier alpha value is -3.37. The van der Waals surface area contributed by atoms with Gasteiger partial charge in [0.1, 0.15) is 6.07 Å². The Morgan fingerprint density at radius 2 is 1.97 bits per heavy atom. The van der Waals surface area contributed by atoms with Crippen LogP contribution in [0.1, 0.15) is 35.8 Å². The minimum absolute atomic E-state index is 0.135. The molecule has 5 rings (SSSR count). The molecule has 1 aliphatic heterocycles. The zero-order chi connectivity index (χ0) is 26.1. The predicted octanol–water partition coefficient (Wildman–Crippen LogP) is 1.63. The normalized spacial score (nSPS) is 18.2. The van der Waals surface area contributed by atoms with Crippen LogP contribution in [0.2, 0.25) is 5.02 Å². The Morgan fingerprint density at radius 3 is 2.62 bits per heavy atom. The fourth-order valence-corrected chi connectivity index (χ4v) is 4.86. The summed E-state index contributed by atoms with van der Waals surface area (Å²) in [6, 6.07) is 7.48. The Labute approximate surface area is 219 Å². The number of nitriles is 2. The van der Waals surface area contributed by atoms with Crippen LogP contribution in [-0.2, 0) is 11.3 Å². The maximum atomic E-state index is 11.3. The summed E-state index contributed by atoms with van der Waals surface area (Å²) >= 11 is 4.66. The van der Waals surface area contributed by atoms with Crippen LogP contribution in [0.3, 0.4) is 0 Å². The number of fused-ring (bicyclic) bond motifs is 1. The molecule has 0 bridgehead atoms. The number of anilines is 3. The number of nitrogens with zero attached hydrogens (tertiary/aromatic N) is 8. The molecule has 1 saturated carbocycles. The minimum atomic E-state index is -2.02. The van der Waals surface area contributed by atoms with E-state index < -0.39 is 17.4 Å². The first kappa shape index (κ1) is 25.3. The number of rotatable bonds is 8. The highest BCUT2D eigenvalue weighted by molar-refractivity contribution is 7.76. The lowest BCUT2D eigenvalue weighted by atomic mass is 10.0. The molecule has 2 aromatic heterocycles. The van der Waals surface area contributed by atoms with Crippen molar-refractivity contribution in [2.24, 2.45) is 0 Å². The minimum Gasteiger partial charge on any atom is -0.387 e. The maximum absolute atomic E-state index is 11.3. The van der Waals surface area contributed by atoms with E-state index in [1.54, 1.807) is 0 Å². The lowest BCUT2D eigenvalue weighted by molar-refractivity contribution is 0.0919. The average molecular weight is 543 g/mol. The summed E-state index contributed by atoms with van der Waals surface area (Å²) in [4.78, 5) is 10.7. The molecule has 1 aliphatic carbocycles. The number of nitrogens with one attached hydrogen (secondary N) is 2. The number of aromatic nitrogens is 4. The van der Waals surface area contributed by atoms with E-state index in [0.717, 1.165) is 12.8 Å². The van der Waals surface area contributed by atoms with Gasteiger partial charge in [0.2, 0.25) is 17.2 Å². The van der Waals surface area contributed by atoms with Gasteiger partial charge in [-0.25, -0.2) is 9.19 Å². The topological polar surface area (TPSA) is 179 Å². The second-order valence-electron chi connectivity index (χ2n) is 8.83. The van der Waals surface area contributed by atoms with Crippen LogP contribution >= 0.6 is 11.6 Å². The molecule has 37 heavy (non-hydrogen) atoms. The quantitative estimate of drug-likeness (QED) is 0.304. The highest BCUT2D eigenvalue weighted by atomic mass is 35.5. The number of imidazole rings is 1. The summed E-state index contributed by atoms with van der Waals surface area (Å²) in [6.45, 7) is 2.02. The van der Waals surface area contributed by atoms with Crippen LogP contribution in [0.5, 0.6) is 0 Å². The maximum Gasteiger partial charge on any atom is 0.247 e. The van der Waals surface area contributed by atoms with Gasteiger partial charge in [-0.15, -0.1) is 5.10 Å². The van der Waals surface area contributed by atoms with Gasteiger partial charge < -0.3 is 15.7 Å². The molecule has 192 valence electrons. The summed E-state index contributed by atoms with van der Waals surface area (Å²) < 4.78 is 23.3. The Balaban J connectivity index is 1.42. The molecule has 0 spiro atoms. The molecule has 0 amide bonds. The van der Waals surface area contributed by atoms with Gasteiger partial charge in [0, 0.05) is 44.3 Å². The molecule has 3 aromatic rings. The highest BCUT2D eigenvalue weighted by Crippen LogP contribution is 2.34. The van der Waals surface area contributed by atoms with E-state index in [2.05, 4.69) is 37.8 Å². The standard InChI is InChI=1S/C22H23ClN10O3S/c23-19-16(18(34)12-31-3-5-32(6-4-31)37(35)36)7-13(9-24)8-17(19)28-22-29-20(27-14-1-2-14)21-26-11-15(10-25)33(21)30-22/h7-8,11,14,18,34H,1-6,12H2,(H,35,36)(H2,27,28,29,30). The Bertz CT molecular complexity index is 1440. The lowest BCUT2D eigenvalue weighted by Crippen LogP contribution is -2.47. The van der Waals surface area contributed by atoms with E-state index in [-0.39, 0.29) is 34.8 Å². The average Bonchev–Trinajstić information content (AvgIpc) is 3.61. The van der Waals surface area contributed by atoms with Gasteiger partial charge in [-0.2, -0.15) is 24.3 Å². The third-order valence-corrected chi connectivity index (χ3v) is 7.44. The van der Waals surface area contributed by atoms with E-state index in [0.29, 0.717) is 48.9 Å². The fraction of sp³-hybridized carbons (Fsp3) is 0.409. The molecular weight excluding hydrogens is 520 g/mol. The Morgan fingerprint density at radius 1 is 1.22 bits per heavy atom. The van der Waals surface area contributed by atoms with Crippen LogP contribution in [0, 0.1) is 22.7 Å². The number of piperazine rings is 1. The van der Waals surface area contributed by atoms with Crippen LogP contribution in [0.15, 0.2) is 18.3 Å². The summed E-state index contributed by atoms with van der Waals surface area (Å²) in [5, 5.41) is 41.0. The van der Waals surface area contributed by atoms with Gasteiger partial charge in [0.15, 0.2) is 17.2 Å². The summed E-state index contributed by atoms with van der Waals surface area (Å²) in [6.07, 6.45) is 2.42. The fourth-order valence-electron chi connectivity index (χ4n) is 4.10. The summed E-state index contributed by atoms with van der Waals surface area (Å²) in [5.74, 6) is 0.605. The van der Waals surface area contributed by atoms with E-state index in [9.17, 15) is 24.4 Å². The number of aliphatic hydroxyl groups excluding tert-OH is 1. The van der Waals surface area contributed by atoms with Gasteiger partial charge in [-0.05, 0) is 25.0 Å². The largest absolute Gasteiger partial charge is 0.387 e. The van der Waals surface area contributed by atoms with Crippen molar-refractivity contribution in [2.75, 3.05) is 43.4 Å². The van der Waals surface area contributed by atoms with Crippen molar-refractivity contribution in [2.45, 2.75) is 25.0 Å². The van der Waals surface area contributed by atoms with E-state index >= 15 is 0 Å². The van der Waals surface area contributed by atoms with Crippen molar-refractivity contribution in [1.82, 2.24) is 28.8 Å². The molecule has 15 heteroatoms. The molecule has 2 fully saturated rings. The molecule has 2 unspecified atom stereocenters. The van der Waals surface area contributed by atoms with Gasteiger partial charge in [-0.3, -0.25) is 9.45 Å². The molecule has 4 N–H and O–H groups in total. The Kier molecular flexibility index (Phi) is 7.21.